The zero-order valence-corrected chi connectivity index (χ0v) is 16.7. The van der Waals surface area contributed by atoms with E-state index in [-0.39, 0.29) is 11.6 Å². The summed E-state index contributed by atoms with van der Waals surface area (Å²) in [7, 11) is 3.42. The molecule has 8 nitrogen and oxygen atoms in total. The fraction of sp³-hybridized carbons (Fsp3) is 0.238. The summed E-state index contributed by atoms with van der Waals surface area (Å²) < 4.78 is 23.4. The van der Waals surface area contributed by atoms with E-state index in [2.05, 4.69) is 20.3 Å². The van der Waals surface area contributed by atoms with Crippen molar-refractivity contribution >= 4 is 17.4 Å². The molecule has 0 aliphatic rings. The van der Waals surface area contributed by atoms with E-state index in [0.29, 0.717) is 37.0 Å². The van der Waals surface area contributed by atoms with Crippen LogP contribution in [0.5, 0.6) is 5.75 Å². The topological polar surface area (TPSA) is 89.5 Å². The Labute approximate surface area is 173 Å². The number of carbonyl (C=O) groups is 1. The summed E-state index contributed by atoms with van der Waals surface area (Å²) in [5, 5.41) is 2.80. The first-order chi connectivity index (χ1) is 14.5. The number of nitrogens with one attached hydrogen (secondary N) is 1. The van der Waals surface area contributed by atoms with Crippen LogP contribution < -0.4 is 15.0 Å². The number of pyridine rings is 1. The van der Waals surface area contributed by atoms with Crippen molar-refractivity contribution in [2.45, 2.75) is 6.54 Å². The predicted molar refractivity (Wildman–Crippen MR) is 110 cm³/mol. The molecular weight excluding hydrogens is 389 g/mol. The maximum atomic E-state index is 13.0. The molecule has 156 valence electrons. The minimum Gasteiger partial charge on any atom is -0.491 e. The highest BCUT2D eigenvalue weighted by atomic mass is 19.1. The second-order valence-corrected chi connectivity index (χ2v) is 6.43. The van der Waals surface area contributed by atoms with Gasteiger partial charge in [-0.25, -0.2) is 15.0 Å². The molecule has 0 saturated heterocycles. The van der Waals surface area contributed by atoms with Crippen molar-refractivity contribution in [3.8, 4) is 5.75 Å². The van der Waals surface area contributed by atoms with Gasteiger partial charge in [0, 0.05) is 38.7 Å². The van der Waals surface area contributed by atoms with Crippen molar-refractivity contribution in [1.29, 1.82) is 0 Å². The summed E-state index contributed by atoms with van der Waals surface area (Å²) in [6, 6.07) is 11.6. The molecule has 0 aliphatic heterocycles. The Balaban J connectivity index is 1.61. The third-order valence-electron chi connectivity index (χ3n) is 4.15. The average Bonchev–Trinajstić information content (AvgIpc) is 2.77. The Morgan fingerprint density at radius 2 is 1.90 bits per heavy atom. The summed E-state index contributed by atoms with van der Waals surface area (Å²) in [5.74, 6) is 0.355. The van der Waals surface area contributed by atoms with Crippen LogP contribution in [0.1, 0.15) is 16.1 Å². The molecule has 1 amide bonds. The van der Waals surface area contributed by atoms with E-state index >= 15 is 0 Å². The van der Waals surface area contributed by atoms with Crippen LogP contribution in [0.15, 0.2) is 55.0 Å². The van der Waals surface area contributed by atoms with Crippen molar-refractivity contribution in [2.24, 2.45) is 0 Å². The van der Waals surface area contributed by atoms with Crippen LogP contribution in [0, 0.1) is 5.95 Å². The van der Waals surface area contributed by atoms with Gasteiger partial charge < -0.3 is 19.7 Å². The molecule has 9 heteroatoms. The fourth-order valence-corrected chi connectivity index (χ4v) is 2.61. The second kappa shape index (κ2) is 10.3. The molecule has 30 heavy (non-hydrogen) atoms. The smallest absolute Gasteiger partial charge is 0.274 e. The van der Waals surface area contributed by atoms with Gasteiger partial charge in [-0.05, 0) is 35.9 Å². The molecule has 2 aromatic heterocycles. The Morgan fingerprint density at radius 1 is 1.10 bits per heavy atom. The molecule has 0 spiro atoms. The number of hydrogen-bond donors (Lipinski definition) is 1. The minimum atomic E-state index is -0.531. The summed E-state index contributed by atoms with van der Waals surface area (Å²) >= 11 is 0. The van der Waals surface area contributed by atoms with E-state index in [4.69, 9.17) is 9.47 Å². The average molecular weight is 411 g/mol. The number of benzene rings is 1. The van der Waals surface area contributed by atoms with Crippen molar-refractivity contribution in [2.75, 3.05) is 37.6 Å². The molecular formula is C21H22FN5O3. The number of ether oxygens (including phenoxy) is 2. The lowest BCUT2D eigenvalue weighted by atomic mass is 10.2. The lowest BCUT2D eigenvalue weighted by Gasteiger charge is -2.18. The van der Waals surface area contributed by atoms with Crippen LogP contribution in [0.4, 0.5) is 15.9 Å². The number of carbonyl (C=O) groups excluding carboxylic acids is 1. The van der Waals surface area contributed by atoms with Gasteiger partial charge in [0.1, 0.15) is 30.2 Å². The molecule has 1 aromatic carbocycles. The number of hydrogen-bond acceptors (Lipinski definition) is 7. The first-order valence-electron chi connectivity index (χ1n) is 9.22. The van der Waals surface area contributed by atoms with Crippen LogP contribution in [0.25, 0.3) is 0 Å². The zero-order chi connectivity index (χ0) is 21.3. The zero-order valence-electron chi connectivity index (χ0n) is 16.7. The molecule has 3 rings (SSSR count). The quantitative estimate of drug-likeness (QED) is 0.428. The number of aromatic nitrogens is 3. The van der Waals surface area contributed by atoms with Gasteiger partial charge in [0.2, 0.25) is 5.95 Å². The normalized spacial score (nSPS) is 10.5. The van der Waals surface area contributed by atoms with E-state index in [1.54, 1.807) is 43.5 Å². The highest BCUT2D eigenvalue weighted by molar-refractivity contribution is 6.03. The summed E-state index contributed by atoms with van der Waals surface area (Å²) in [6.45, 7) is 1.41. The molecule has 0 fully saturated rings. The number of anilines is 2. The molecule has 3 aromatic rings. The van der Waals surface area contributed by atoms with E-state index in [1.165, 1.54) is 18.6 Å². The monoisotopic (exact) mass is 411 g/mol. The van der Waals surface area contributed by atoms with Gasteiger partial charge in [0.05, 0.1) is 6.61 Å². The third kappa shape index (κ3) is 5.95. The molecule has 0 saturated carbocycles. The van der Waals surface area contributed by atoms with Gasteiger partial charge in [0.15, 0.2) is 0 Å². The number of rotatable bonds is 9. The van der Waals surface area contributed by atoms with E-state index < -0.39 is 5.95 Å². The first-order valence-corrected chi connectivity index (χ1v) is 9.22. The molecule has 0 aliphatic carbocycles. The Kier molecular flexibility index (Phi) is 7.23. The fourth-order valence-electron chi connectivity index (χ4n) is 2.61. The molecule has 2 heterocycles. The maximum absolute atomic E-state index is 13.0. The maximum Gasteiger partial charge on any atom is 0.274 e. The van der Waals surface area contributed by atoms with Crippen molar-refractivity contribution in [3.63, 3.8) is 0 Å². The minimum absolute atomic E-state index is 0.226. The van der Waals surface area contributed by atoms with Gasteiger partial charge >= 0.3 is 0 Å². The van der Waals surface area contributed by atoms with E-state index in [9.17, 15) is 9.18 Å². The second-order valence-electron chi connectivity index (χ2n) is 6.43. The Bertz CT molecular complexity index is 967. The van der Waals surface area contributed by atoms with Crippen molar-refractivity contribution in [3.05, 3.63) is 72.2 Å². The van der Waals surface area contributed by atoms with Crippen LogP contribution in [0.3, 0.4) is 0 Å². The number of halogens is 1. The van der Waals surface area contributed by atoms with Crippen LogP contribution in [0.2, 0.25) is 0 Å². The SMILES string of the molecule is COCCOc1ccc(NC(=O)c2cc(N(C)Cc3ccc(F)nc3)ncn2)cc1. The van der Waals surface area contributed by atoms with Crippen molar-refractivity contribution in [1.82, 2.24) is 15.0 Å². The lowest BCUT2D eigenvalue weighted by Crippen LogP contribution is -2.20. The summed E-state index contributed by atoms with van der Waals surface area (Å²) in [5.41, 5.74) is 1.66. The molecule has 0 bridgehead atoms. The third-order valence-corrected chi connectivity index (χ3v) is 4.15. The predicted octanol–water partition coefficient (Wildman–Crippen LogP) is 2.92. The Hall–Kier alpha value is -3.59. The van der Waals surface area contributed by atoms with Gasteiger partial charge in [-0.1, -0.05) is 6.07 Å². The summed E-state index contributed by atoms with van der Waals surface area (Å²) in [4.78, 5) is 26.3. The number of nitrogens with zero attached hydrogens (tertiary/aromatic N) is 4. The van der Waals surface area contributed by atoms with Crippen molar-refractivity contribution < 1.29 is 18.7 Å². The largest absolute Gasteiger partial charge is 0.491 e. The van der Waals surface area contributed by atoms with E-state index in [0.717, 1.165) is 5.56 Å². The Morgan fingerprint density at radius 3 is 2.60 bits per heavy atom. The summed E-state index contributed by atoms with van der Waals surface area (Å²) in [6.07, 6.45) is 2.79. The standard InChI is InChI=1S/C21H22FN5O3/c1-27(13-15-3-8-19(22)23-12-15)20-11-18(24-14-25-20)21(28)26-16-4-6-17(7-5-16)30-10-9-29-2/h3-8,11-12,14H,9-10,13H2,1-2H3,(H,26,28). The van der Waals surface area contributed by atoms with Gasteiger partial charge in [0.25, 0.3) is 5.91 Å². The molecule has 0 unspecified atom stereocenters. The number of methoxy groups -OCH3 is 1. The molecule has 1 N–H and O–H groups in total. The molecule has 0 atom stereocenters. The first kappa shape index (κ1) is 21.1. The van der Waals surface area contributed by atoms with Crippen LogP contribution >= 0.6 is 0 Å². The highest BCUT2D eigenvalue weighted by Crippen LogP contribution is 2.17. The van der Waals surface area contributed by atoms with Gasteiger partial charge in [-0.15, -0.1) is 0 Å². The van der Waals surface area contributed by atoms with Gasteiger partial charge in [-0.3, -0.25) is 4.79 Å². The van der Waals surface area contributed by atoms with E-state index in [1.807, 2.05) is 11.9 Å². The van der Waals surface area contributed by atoms with Crippen LogP contribution in [-0.4, -0.2) is 48.2 Å². The highest BCUT2D eigenvalue weighted by Gasteiger charge is 2.12. The van der Waals surface area contributed by atoms with Crippen LogP contribution in [-0.2, 0) is 11.3 Å². The lowest BCUT2D eigenvalue weighted by molar-refractivity contribution is 0.102. The number of amides is 1. The van der Waals surface area contributed by atoms with Gasteiger partial charge in [-0.2, -0.15) is 4.39 Å². The molecule has 0 radical (unpaired) electrons.